The van der Waals surface area contributed by atoms with Crippen molar-refractivity contribution in [1.29, 1.82) is 0 Å². The number of hydrogen-bond acceptors (Lipinski definition) is 3. The van der Waals surface area contributed by atoms with Gasteiger partial charge in [0.2, 0.25) is 0 Å². The number of likely N-dealkylation sites (tertiary alicyclic amines) is 1. The molecular weight excluding hydrogens is 298 g/mol. The summed E-state index contributed by atoms with van der Waals surface area (Å²) in [6.07, 6.45) is 8.34. The van der Waals surface area contributed by atoms with Crippen molar-refractivity contribution >= 4 is 0 Å². The van der Waals surface area contributed by atoms with Gasteiger partial charge in [0.05, 0.1) is 12.8 Å². The number of nitrogens with zero attached hydrogens (tertiary/aromatic N) is 3. The molecule has 1 aromatic heterocycles. The molecule has 24 heavy (non-hydrogen) atoms. The minimum atomic E-state index is 0.931. The molecule has 5 rings (SSSR count). The molecule has 2 bridgehead atoms. The smallest absolute Gasteiger partial charge is 0.119 e. The van der Waals surface area contributed by atoms with Gasteiger partial charge in [0.1, 0.15) is 5.75 Å². The van der Waals surface area contributed by atoms with Crippen LogP contribution in [-0.4, -0.2) is 34.9 Å². The fourth-order valence-electron chi connectivity index (χ4n) is 5.59. The molecule has 3 aliphatic rings. The Bertz CT molecular complexity index is 708. The van der Waals surface area contributed by atoms with Crippen molar-refractivity contribution in [3.63, 3.8) is 0 Å². The Hall–Kier alpha value is -1.81. The second-order valence-electron chi connectivity index (χ2n) is 7.80. The standard InChI is InChI=1S/C20H25N3O/c1-24-17-5-6-20(23-8-2-7-21-23)16(10-17)11-22-12-18-14-3-4-15(9-14)19(18)13-22/h2,5-8,10,14-15,18-19H,3-4,9,11-13H2,1H3/t14-,15+,18-,19+. The van der Waals surface area contributed by atoms with Crippen molar-refractivity contribution in [2.75, 3.05) is 20.2 Å². The Labute approximate surface area is 143 Å². The predicted octanol–water partition coefficient (Wildman–Crippen LogP) is 3.36. The number of methoxy groups -OCH3 is 1. The van der Waals surface area contributed by atoms with Crippen LogP contribution in [0.15, 0.2) is 36.7 Å². The number of ether oxygens (including phenoxy) is 1. The number of aromatic nitrogens is 2. The van der Waals surface area contributed by atoms with Crippen LogP contribution in [0.1, 0.15) is 24.8 Å². The molecule has 1 aliphatic heterocycles. The molecular formula is C20H25N3O. The van der Waals surface area contributed by atoms with Gasteiger partial charge in [-0.1, -0.05) is 0 Å². The van der Waals surface area contributed by atoms with Crippen molar-refractivity contribution in [2.24, 2.45) is 23.7 Å². The molecule has 3 fully saturated rings. The Balaban J connectivity index is 1.40. The van der Waals surface area contributed by atoms with E-state index in [0.29, 0.717) is 0 Å². The second kappa shape index (κ2) is 5.62. The van der Waals surface area contributed by atoms with Crippen molar-refractivity contribution < 1.29 is 4.74 Å². The highest BCUT2D eigenvalue weighted by atomic mass is 16.5. The summed E-state index contributed by atoms with van der Waals surface area (Å²) in [5, 5.41) is 4.43. The summed E-state index contributed by atoms with van der Waals surface area (Å²) in [7, 11) is 1.74. The lowest BCUT2D eigenvalue weighted by Crippen LogP contribution is -2.23. The van der Waals surface area contributed by atoms with Gasteiger partial charge in [-0.15, -0.1) is 0 Å². The Kier molecular flexibility index (Phi) is 3.40. The van der Waals surface area contributed by atoms with Gasteiger partial charge >= 0.3 is 0 Å². The average molecular weight is 323 g/mol. The molecule has 4 atom stereocenters. The second-order valence-corrected chi connectivity index (χ2v) is 7.80. The van der Waals surface area contributed by atoms with Gasteiger partial charge in [0.25, 0.3) is 0 Å². The first-order valence-electron chi connectivity index (χ1n) is 9.21. The van der Waals surface area contributed by atoms with E-state index in [2.05, 4.69) is 22.1 Å². The zero-order valence-electron chi connectivity index (χ0n) is 14.3. The molecule has 0 amide bonds. The van der Waals surface area contributed by atoms with Crippen LogP contribution in [0.4, 0.5) is 0 Å². The third kappa shape index (κ3) is 2.27. The molecule has 4 nitrogen and oxygen atoms in total. The molecule has 1 aromatic carbocycles. The quantitative estimate of drug-likeness (QED) is 0.864. The summed E-state index contributed by atoms with van der Waals surface area (Å²) in [5.74, 6) is 4.88. The number of rotatable bonds is 4. The lowest BCUT2D eigenvalue weighted by molar-refractivity contribution is 0.281. The molecule has 0 spiro atoms. The van der Waals surface area contributed by atoms with Crippen molar-refractivity contribution in [3.8, 4) is 11.4 Å². The summed E-state index contributed by atoms with van der Waals surface area (Å²) in [6.45, 7) is 3.56. The first kappa shape index (κ1) is 14.5. The van der Waals surface area contributed by atoms with Crippen LogP contribution in [0.2, 0.25) is 0 Å². The van der Waals surface area contributed by atoms with Gasteiger partial charge in [-0.3, -0.25) is 4.90 Å². The molecule has 0 radical (unpaired) electrons. The van der Waals surface area contributed by atoms with Crippen LogP contribution in [0.3, 0.4) is 0 Å². The van der Waals surface area contributed by atoms with Crippen molar-refractivity contribution in [2.45, 2.75) is 25.8 Å². The molecule has 0 N–H and O–H groups in total. The van der Waals surface area contributed by atoms with E-state index in [9.17, 15) is 0 Å². The number of benzene rings is 1. The van der Waals surface area contributed by atoms with Crippen molar-refractivity contribution in [1.82, 2.24) is 14.7 Å². The molecule has 2 saturated carbocycles. The van der Waals surface area contributed by atoms with Crippen LogP contribution < -0.4 is 4.74 Å². The maximum absolute atomic E-state index is 5.46. The van der Waals surface area contributed by atoms with E-state index in [0.717, 1.165) is 36.0 Å². The number of fused-ring (bicyclic) bond motifs is 5. The van der Waals surface area contributed by atoms with Crippen LogP contribution >= 0.6 is 0 Å². The fraction of sp³-hybridized carbons (Fsp3) is 0.550. The molecule has 2 aliphatic carbocycles. The van der Waals surface area contributed by atoms with Gasteiger partial charge in [0, 0.05) is 32.0 Å². The SMILES string of the molecule is COc1ccc(-n2cccn2)c(CN2C[C@@H]3[C@@H]4CC[C@@H](C4)[C@@H]3C2)c1. The van der Waals surface area contributed by atoms with Gasteiger partial charge in [-0.25, -0.2) is 4.68 Å². The maximum Gasteiger partial charge on any atom is 0.119 e. The normalized spacial score (nSPS) is 31.5. The zero-order chi connectivity index (χ0) is 16.1. The molecule has 4 heteroatoms. The average Bonchev–Trinajstić information content (AvgIpc) is 3.36. The number of hydrogen-bond donors (Lipinski definition) is 0. The predicted molar refractivity (Wildman–Crippen MR) is 93.2 cm³/mol. The van der Waals surface area contributed by atoms with Gasteiger partial charge in [0.15, 0.2) is 0 Å². The molecule has 0 unspecified atom stereocenters. The van der Waals surface area contributed by atoms with Crippen LogP contribution in [0.5, 0.6) is 5.75 Å². The summed E-state index contributed by atoms with van der Waals surface area (Å²) < 4.78 is 7.43. The lowest BCUT2D eigenvalue weighted by atomic mass is 9.82. The third-order valence-electron chi connectivity index (χ3n) is 6.64. The fourth-order valence-corrected chi connectivity index (χ4v) is 5.59. The molecule has 126 valence electrons. The summed E-state index contributed by atoms with van der Waals surface area (Å²) in [6, 6.07) is 8.31. The van der Waals surface area contributed by atoms with E-state index in [-0.39, 0.29) is 0 Å². The highest BCUT2D eigenvalue weighted by Gasteiger charge is 2.51. The highest BCUT2D eigenvalue weighted by molar-refractivity contribution is 5.45. The van der Waals surface area contributed by atoms with E-state index in [1.165, 1.54) is 43.6 Å². The third-order valence-corrected chi connectivity index (χ3v) is 6.64. The largest absolute Gasteiger partial charge is 0.497 e. The van der Waals surface area contributed by atoms with Gasteiger partial charge in [-0.2, -0.15) is 5.10 Å². The van der Waals surface area contributed by atoms with E-state index >= 15 is 0 Å². The van der Waals surface area contributed by atoms with Crippen LogP contribution in [-0.2, 0) is 6.54 Å². The Morgan fingerprint density at radius 3 is 2.62 bits per heavy atom. The topological polar surface area (TPSA) is 30.3 Å². The van der Waals surface area contributed by atoms with Crippen LogP contribution in [0.25, 0.3) is 5.69 Å². The summed E-state index contributed by atoms with van der Waals surface area (Å²) in [4.78, 5) is 2.67. The van der Waals surface area contributed by atoms with Crippen LogP contribution in [0, 0.1) is 23.7 Å². The molecule has 2 heterocycles. The Morgan fingerprint density at radius 1 is 1.17 bits per heavy atom. The van der Waals surface area contributed by atoms with E-state index in [1.54, 1.807) is 7.11 Å². The minimum Gasteiger partial charge on any atom is -0.497 e. The Morgan fingerprint density at radius 2 is 1.96 bits per heavy atom. The van der Waals surface area contributed by atoms with Crippen molar-refractivity contribution in [3.05, 3.63) is 42.2 Å². The van der Waals surface area contributed by atoms with Gasteiger partial charge < -0.3 is 4.74 Å². The highest BCUT2D eigenvalue weighted by Crippen LogP contribution is 2.55. The lowest BCUT2D eigenvalue weighted by Gasteiger charge is -2.22. The minimum absolute atomic E-state index is 0.931. The zero-order valence-corrected chi connectivity index (χ0v) is 14.3. The molecule has 1 saturated heterocycles. The van der Waals surface area contributed by atoms with E-state index < -0.39 is 0 Å². The summed E-state index contributed by atoms with van der Waals surface area (Å²) >= 11 is 0. The summed E-state index contributed by atoms with van der Waals surface area (Å²) in [5.41, 5.74) is 2.48. The maximum atomic E-state index is 5.46. The first-order chi connectivity index (χ1) is 11.8. The van der Waals surface area contributed by atoms with E-state index in [4.69, 9.17) is 4.74 Å². The van der Waals surface area contributed by atoms with E-state index in [1.807, 2.05) is 29.2 Å². The van der Waals surface area contributed by atoms with Gasteiger partial charge in [-0.05, 0) is 72.8 Å². The monoisotopic (exact) mass is 323 g/mol. The molecule has 2 aromatic rings. The first-order valence-corrected chi connectivity index (χ1v) is 9.21.